The first-order valence-corrected chi connectivity index (χ1v) is 6.29. The molecule has 102 valence electrons. The molecule has 0 spiro atoms. The van der Waals surface area contributed by atoms with E-state index in [0.29, 0.717) is 36.7 Å². The van der Waals surface area contributed by atoms with E-state index >= 15 is 0 Å². The fourth-order valence-electron chi connectivity index (χ4n) is 1.76. The summed E-state index contributed by atoms with van der Waals surface area (Å²) < 4.78 is 11.1. The van der Waals surface area contributed by atoms with Crippen molar-refractivity contribution in [1.82, 2.24) is 0 Å². The van der Waals surface area contributed by atoms with Crippen LogP contribution >= 0.6 is 0 Å². The van der Waals surface area contributed by atoms with E-state index in [1.165, 1.54) is 0 Å². The predicted octanol–water partition coefficient (Wildman–Crippen LogP) is 3.72. The lowest BCUT2D eigenvalue weighted by Crippen LogP contribution is -2.06. The van der Waals surface area contributed by atoms with Crippen molar-refractivity contribution in [1.29, 1.82) is 0 Å². The fraction of sp³-hybridized carbons (Fsp3) is 0.312. The summed E-state index contributed by atoms with van der Waals surface area (Å²) in [5.74, 6) is 1.28. The number of carbonyl (C=O) groups is 1. The minimum absolute atomic E-state index is 0.0619. The third-order valence-electron chi connectivity index (χ3n) is 2.60. The average Bonchev–Trinajstić information content (AvgIpc) is 2.41. The van der Waals surface area contributed by atoms with Gasteiger partial charge in [0.2, 0.25) is 0 Å². The van der Waals surface area contributed by atoms with Gasteiger partial charge in [-0.2, -0.15) is 0 Å². The van der Waals surface area contributed by atoms with Gasteiger partial charge in [0, 0.05) is 12.5 Å². The van der Waals surface area contributed by atoms with Crippen molar-refractivity contribution in [2.45, 2.75) is 20.3 Å². The fourth-order valence-corrected chi connectivity index (χ4v) is 1.76. The van der Waals surface area contributed by atoms with Gasteiger partial charge in [0.1, 0.15) is 24.7 Å². The van der Waals surface area contributed by atoms with Crippen LogP contribution < -0.4 is 9.47 Å². The number of benzene rings is 1. The summed E-state index contributed by atoms with van der Waals surface area (Å²) in [5.41, 5.74) is 1.47. The van der Waals surface area contributed by atoms with Gasteiger partial charge in [0.15, 0.2) is 5.78 Å². The molecule has 0 amide bonds. The maximum Gasteiger partial charge on any atom is 0.166 e. The molecule has 19 heavy (non-hydrogen) atoms. The lowest BCUT2D eigenvalue weighted by atomic mass is 10.0. The molecule has 1 rings (SSSR count). The van der Waals surface area contributed by atoms with Crippen molar-refractivity contribution in [2.24, 2.45) is 0 Å². The van der Waals surface area contributed by atoms with E-state index in [1.54, 1.807) is 18.2 Å². The second-order valence-electron chi connectivity index (χ2n) is 4.09. The van der Waals surface area contributed by atoms with Crippen molar-refractivity contribution in [3.8, 4) is 11.5 Å². The molecule has 0 saturated carbocycles. The Labute approximate surface area is 114 Å². The van der Waals surface area contributed by atoms with Crippen molar-refractivity contribution < 1.29 is 14.3 Å². The highest BCUT2D eigenvalue weighted by molar-refractivity contribution is 6.00. The van der Waals surface area contributed by atoms with E-state index < -0.39 is 0 Å². The quantitative estimate of drug-likeness (QED) is 0.528. The highest BCUT2D eigenvalue weighted by atomic mass is 16.5. The van der Waals surface area contributed by atoms with E-state index in [-0.39, 0.29) is 5.78 Å². The molecule has 0 fully saturated rings. The van der Waals surface area contributed by atoms with Gasteiger partial charge in [0.25, 0.3) is 0 Å². The largest absolute Gasteiger partial charge is 0.489 e. The summed E-state index contributed by atoms with van der Waals surface area (Å²) in [6.45, 7) is 11.7. The Morgan fingerprint density at radius 3 is 2.42 bits per heavy atom. The maximum atomic E-state index is 12.0. The third-order valence-corrected chi connectivity index (χ3v) is 2.60. The Kier molecular flexibility index (Phi) is 5.86. The zero-order valence-corrected chi connectivity index (χ0v) is 11.6. The first kappa shape index (κ1) is 15.0. The normalized spacial score (nSPS) is 9.79. The van der Waals surface area contributed by atoms with E-state index in [2.05, 4.69) is 13.2 Å². The number of ketones is 1. The smallest absolute Gasteiger partial charge is 0.166 e. The minimum atomic E-state index is 0.0619. The number of hydrogen-bond donors (Lipinski definition) is 0. The molecule has 0 radical (unpaired) electrons. The molecule has 0 heterocycles. The summed E-state index contributed by atoms with van der Waals surface area (Å²) >= 11 is 0. The van der Waals surface area contributed by atoms with Gasteiger partial charge in [-0.1, -0.05) is 32.2 Å². The second kappa shape index (κ2) is 7.41. The molecule has 0 unspecified atom stereocenters. The van der Waals surface area contributed by atoms with Crippen LogP contribution in [0.2, 0.25) is 0 Å². The highest BCUT2D eigenvalue weighted by Crippen LogP contribution is 2.30. The molecule has 3 heteroatoms. The molecule has 0 saturated heterocycles. The first-order valence-electron chi connectivity index (χ1n) is 6.29. The summed E-state index contributed by atoms with van der Waals surface area (Å²) in [6, 6.07) is 3.58. The van der Waals surface area contributed by atoms with Crippen LogP contribution in [0.5, 0.6) is 11.5 Å². The number of rotatable bonds is 8. The molecule has 0 aliphatic rings. The molecule has 0 N–H and O–H groups in total. The van der Waals surface area contributed by atoms with Crippen molar-refractivity contribution in [3.05, 3.63) is 48.6 Å². The molecule has 0 aromatic heterocycles. The summed E-state index contributed by atoms with van der Waals surface area (Å²) in [7, 11) is 0. The third kappa shape index (κ3) is 3.98. The zero-order valence-electron chi connectivity index (χ0n) is 11.6. The summed E-state index contributed by atoms with van der Waals surface area (Å²) in [5, 5.41) is 0. The summed E-state index contributed by atoms with van der Waals surface area (Å²) in [4.78, 5) is 12.0. The SMILES string of the molecule is C=CCOc1cc(C)c(C(=O)CC)c(OCC=C)c1. The predicted molar refractivity (Wildman–Crippen MR) is 77.2 cm³/mol. The van der Waals surface area contributed by atoms with Gasteiger partial charge in [0.05, 0.1) is 5.56 Å². The molecule has 1 aromatic rings. The maximum absolute atomic E-state index is 12.0. The average molecular weight is 260 g/mol. The van der Waals surface area contributed by atoms with Gasteiger partial charge in [-0.15, -0.1) is 0 Å². The van der Waals surface area contributed by atoms with Crippen LogP contribution in [0.4, 0.5) is 0 Å². The lowest BCUT2D eigenvalue weighted by Gasteiger charge is -2.14. The van der Waals surface area contributed by atoms with Crippen LogP contribution in [0.15, 0.2) is 37.4 Å². The van der Waals surface area contributed by atoms with Crippen LogP contribution in [0.1, 0.15) is 29.3 Å². The van der Waals surface area contributed by atoms with Crippen LogP contribution in [0.25, 0.3) is 0 Å². The Balaban J connectivity index is 3.16. The van der Waals surface area contributed by atoms with Crippen LogP contribution in [0.3, 0.4) is 0 Å². The number of carbonyl (C=O) groups excluding carboxylic acids is 1. The van der Waals surface area contributed by atoms with Gasteiger partial charge >= 0.3 is 0 Å². The standard InChI is InChI=1S/C16H20O3/c1-5-8-18-13-10-12(4)16(14(17)7-3)15(11-13)19-9-6-2/h5-6,10-11H,1-2,7-9H2,3-4H3. The van der Waals surface area contributed by atoms with Crippen molar-refractivity contribution in [2.75, 3.05) is 13.2 Å². The van der Waals surface area contributed by atoms with Gasteiger partial charge in [-0.25, -0.2) is 0 Å². The zero-order chi connectivity index (χ0) is 14.3. The van der Waals surface area contributed by atoms with Crippen LogP contribution in [0, 0.1) is 6.92 Å². The lowest BCUT2D eigenvalue weighted by molar-refractivity contribution is 0.0984. The Bertz CT molecular complexity index is 475. The Morgan fingerprint density at radius 2 is 1.84 bits per heavy atom. The molecule has 0 bridgehead atoms. The summed E-state index contributed by atoms with van der Waals surface area (Å²) in [6.07, 6.45) is 3.76. The monoisotopic (exact) mass is 260 g/mol. The Hall–Kier alpha value is -2.03. The molecular formula is C16H20O3. The number of Topliss-reactive ketones (excluding diaryl/α,β-unsaturated/α-hetero) is 1. The van der Waals surface area contributed by atoms with Gasteiger partial charge < -0.3 is 9.47 Å². The van der Waals surface area contributed by atoms with Gasteiger partial charge in [-0.05, 0) is 18.6 Å². The van der Waals surface area contributed by atoms with E-state index in [9.17, 15) is 4.79 Å². The number of hydrogen-bond acceptors (Lipinski definition) is 3. The Morgan fingerprint density at radius 1 is 1.21 bits per heavy atom. The first-order chi connectivity index (χ1) is 9.13. The minimum Gasteiger partial charge on any atom is -0.489 e. The topological polar surface area (TPSA) is 35.5 Å². The van der Waals surface area contributed by atoms with Crippen molar-refractivity contribution >= 4 is 5.78 Å². The molecule has 0 atom stereocenters. The molecule has 0 aliphatic heterocycles. The van der Waals surface area contributed by atoms with E-state index in [1.807, 2.05) is 19.9 Å². The molecule has 1 aromatic carbocycles. The van der Waals surface area contributed by atoms with Gasteiger partial charge in [-0.3, -0.25) is 4.79 Å². The molecule has 3 nitrogen and oxygen atoms in total. The van der Waals surface area contributed by atoms with E-state index in [0.717, 1.165) is 5.56 Å². The molecule has 0 aliphatic carbocycles. The van der Waals surface area contributed by atoms with Crippen LogP contribution in [-0.2, 0) is 0 Å². The molecular weight excluding hydrogens is 240 g/mol. The van der Waals surface area contributed by atoms with Crippen LogP contribution in [-0.4, -0.2) is 19.0 Å². The van der Waals surface area contributed by atoms with Crippen molar-refractivity contribution in [3.63, 3.8) is 0 Å². The number of ether oxygens (including phenoxy) is 2. The van der Waals surface area contributed by atoms with E-state index in [4.69, 9.17) is 9.47 Å². The second-order valence-corrected chi connectivity index (χ2v) is 4.09. The number of aryl methyl sites for hydroxylation is 1. The highest BCUT2D eigenvalue weighted by Gasteiger charge is 2.16.